The molecule has 0 nitrogen and oxygen atoms in total. The van der Waals surface area contributed by atoms with Crippen molar-refractivity contribution in [3.8, 4) is 0 Å². The van der Waals surface area contributed by atoms with Crippen LogP contribution in [0.3, 0.4) is 0 Å². The summed E-state index contributed by atoms with van der Waals surface area (Å²) in [6, 6.07) is 12.8. The fraction of sp³-hybridized carbons (Fsp3) is 0.0909. The van der Waals surface area contributed by atoms with Crippen LogP contribution in [0, 0.1) is 6.92 Å². The van der Waals surface area contributed by atoms with Gasteiger partial charge in [-0.25, -0.2) is 0 Å². The molecule has 0 atom stereocenters. The van der Waals surface area contributed by atoms with Crippen LogP contribution >= 0.6 is 15.9 Å². The van der Waals surface area contributed by atoms with Gasteiger partial charge in [0.2, 0.25) is 0 Å². The summed E-state index contributed by atoms with van der Waals surface area (Å²) in [6.45, 7) is 2.11. The second-order valence-electron chi connectivity index (χ2n) is 2.99. The molecule has 2 rings (SSSR count). The molecule has 0 spiro atoms. The first-order chi connectivity index (χ1) is 5.75. The zero-order valence-corrected chi connectivity index (χ0v) is 8.43. The average Bonchev–Trinajstić information content (AvgIpc) is 2.05. The monoisotopic (exact) mass is 220 g/mol. The Labute approximate surface area is 80.3 Å². The Kier molecular flexibility index (Phi) is 1.89. The van der Waals surface area contributed by atoms with Gasteiger partial charge in [0.15, 0.2) is 0 Å². The van der Waals surface area contributed by atoms with Crippen LogP contribution in [-0.2, 0) is 0 Å². The van der Waals surface area contributed by atoms with E-state index in [-0.39, 0.29) is 0 Å². The molecular weight excluding hydrogens is 212 g/mol. The van der Waals surface area contributed by atoms with E-state index >= 15 is 0 Å². The summed E-state index contributed by atoms with van der Waals surface area (Å²) in [7, 11) is 0. The van der Waals surface area contributed by atoms with E-state index in [2.05, 4.69) is 59.3 Å². The van der Waals surface area contributed by atoms with Crippen molar-refractivity contribution in [2.75, 3.05) is 0 Å². The molecule has 2 aromatic carbocycles. The van der Waals surface area contributed by atoms with Gasteiger partial charge in [0.1, 0.15) is 0 Å². The second kappa shape index (κ2) is 2.91. The van der Waals surface area contributed by atoms with Crippen molar-refractivity contribution in [2.45, 2.75) is 6.92 Å². The van der Waals surface area contributed by atoms with E-state index < -0.39 is 0 Å². The van der Waals surface area contributed by atoms with E-state index in [1.165, 1.54) is 16.3 Å². The maximum absolute atomic E-state index is 3.45. The number of fused-ring (bicyclic) bond motifs is 1. The normalized spacial score (nSPS) is 10.5. The van der Waals surface area contributed by atoms with Crippen LogP contribution in [0.1, 0.15) is 5.56 Å². The van der Waals surface area contributed by atoms with Crippen LogP contribution in [0.4, 0.5) is 0 Å². The number of hydrogen-bond donors (Lipinski definition) is 0. The van der Waals surface area contributed by atoms with Crippen molar-refractivity contribution < 1.29 is 0 Å². The third-order valence-electron chi connectivity index (χ3n) is 1.96. The Bertz CT molecular complexity index is 377. The van der Waals surface area contributed by atoms with Crippen LogP contribution in [0.2, 0.25) is 0 Å². The number of hydrogen-bond acceptors (Lipinski definition) is 0. The molecule has 0 saturated carbocycles. The summed E-state index contributed by atoms with van der Waals surface area (Å²) < 4.78 is 1.14. The number of benzene rings is 2. The van der Waals surface area contributed by atoms with Crippen LogP contribution in [0.25, 0.3) is 10.8 Å². The number of rotatable bonds is 0. The Morgan fingerprint density at radius 1 is 0.917 bits per heavy atom. The van der Waals surface area contributed by atoms with Crippen LogP contribution in [0.15, 0.2) is 40.9 Å². The van der Waals surface area contributed by atoms with Gasteiger partial charge in [0, 0.05) is 4.47 Å². The van der Waals surface area contributed by atoms with E-state index in [1.54, 1.807) is 0 Å². The third-order valence-corrected chi connectivity index (χ3v) is 2.45. The molecule has 60 valence electrons. The van der Waals surface area contributed by atoms with Crippen molar-refractivity contribution in [2.24, 2.45) is 0 Å². The minimum atomic E-state index is 1.14. The lowest BCUT2D eigenvalue weighted by Crippen LogP contribution is -1.74. The molecule has 0 aliphatic heterocycles. The molecule has 0 unspecified atom stereocenters. The van der Waals surface area contributed by atoms with Gasteiger partial charge in [-0.3, -0.25) is 0 Å². The molecule has 0 radical (unpaired) electrons. The molecule has 0 fully saturated rings. The average molecular weight is 221 g/mol. The molecule has 1 heteroatoms. The first kappa shape index (κ1) is 7.81. The molecule has 0 saturated heterocycles. The lowest BCUT2D eigenvalue weighted by atomic mass is 10.1. The predicted octanol–water partition coefficient (Wildman–Crippen LogP) is 3.91. The Morgan fingerprint density at radius 2 is 1.58 bits per heavy atom. The van der Waals surface area contributed by atoms with Gasteiger partial charge >= 0.3 is 0 Å². The van der Waals surface area contributed by atoms with Gasteiger partial charge in [-0.15, -0.1) is 0 Å². The Balaban J connectivity index is 2.79. The summed E-state index contributed by atoms with van der Waals surface area (Å²) in [6.07, 6.45) is 0. The largest absolute Gasteiger partial charge is 0.0587 e. The quantitative estimate of drug-likeness (QED) is 0.632. The topological polar surface area (TPSA) is 0 Å². The Hall–Kier alpha value is -0.820. The van der Waals surface area contributed by atoms with E-state index in [9.17, 15) is 0 Å². The van der Waals surface area contributed by atoms with E-state index in [0.717, 1.165) is 4.47 Å². The van der Waals surface area contributed by atoms with Gasteiger partial charge in [0.25, 0.3) is 0 Å². The summed E-state index contributed by atoms with van der Waals surface area (Å²) in [5.41, 5.74) is 1.31. The molecule has 0 aromatic heterocycles. The molecule has 0 N–H and O–H groups in total. The molecular formula is C11H9Br. The second-order valence-corrected chi connectivity index (χ2v) is 3.91. The molecule has 12 heavy (non-hydrogen) atoms. The first-order valence-corrected chi connectivity index (χ1v) is 4.71. The van der Waals surface area contributed by atoms with E-state index in [4.69, 9.17) is 0 Å². The molecule has 0 aliphatic rings. The van der Waals surface area contributed by atoms with Crippen molar-refractivity contribution in [1.29, 1.82) is 0 Å². The molecule has 2 aromatic rings. The number of halogens is 1. The minimum Gasteiger partial charge on any atom is -0.0587 e. The van der Waals surface area contributed by atoms with E-state index in [0.29, 0.717) is 0 Å². The summed E-state index contributed by atoms with van der Waals surface area (Å²) >= 11 is 3.45. The Morgan fingerprint density at radius 3 is 2.42 bits per heavy atom. The zero-order valence-electron chi connectivity index (χ0n) is 6.84. The third kappa shape index (κ3) is 1.37. The van der Waals surface area contributed by atoms with Crippen molar-refractivity contribution >= 4 is 26.7 Å². The molecule has 0 heterocycles. The zero-order chi connectivity index (χ0) is 8.55. The van der Waals surface area contributed by atoms with Crippen LogP contribution < -0.4 is 0 Å². The SMILES string of the molecule is Cc1ccc2cc(Br)ccc2c1. The number of aryl methyl sites for hydroxylation is 1. The molecule has 0 aliphatic carbocycles. The van der Waals surface area contributed by atoms with Crippen molar-refractivity contribution in [3.05, 3.63) is 46.4 Å². The smallest absolute Gasteiger partial charge is 0.0181 e. The summed E-state index contributed by atoms with van der Waals surface area (Å²) in [5, 5.41) is 2.59. The highest BCUT2D eigenvalue weighted by Gasteiger charge is 1.93. The lowest BCUT2D eigenvalue weighted by Gasteiger charge is -1.99. The molecule has 0 bridgehead atoms. The van der Waals surface area contributed by atoms with Crippen LogP contribution in [-0.4, -0.2) is 0 Å². The fourth-order valence-corrected chi connectivity index (χ4v) is 1.71. The van der Waals surface area contributed by atoms with Gasteiger partial charge < -0.3 is 0 Å². The maximum atomic E-state index is 3.45. The van der Waals surface area contributed by atoms with Gasteiger partial charge in [-0.1, -0.05) is 45.8 Å². The summed E-state index contributed by atoms with van der Waals surface area (Å²) in [5.74, 6) is 0. The highest BCUT2D eigenvalue weighted by molar-refractivity contribution is 9.10. The van der Waals surface area contributed by atoms with Crippen LogP contribution in [0.5, 0.6) is 0 Å². The highest BCUT2D eigenvalue weighted by Crippen LogP contribution is 2.20. The van der Waals surface area contributed by atoms with Gasteiger partial charge in [-0.05, 0) is 29.8 Å². The standard InChI is InChI=1S/C11H9Br/c1-8-2-3-10-7-11(12)5-4-9(10)6-8/h2-7H,1H3. The highest BCUT2D eigenvalue weighted by atomic mass is 79.9. The fourth-order valence-electron chi connectivity index (χ4n) is 1.34. The van der Waals surface area contributed by atoms with Gasteiger partial charge in [-0.2, -0.15) is 0 Å². The predicted molar refractivity (Wildman–Crippen MR) is 56.4 cm³/mol. The minimum absolute atomic E-state index is 1.14. The summed E-state index contributed by atoms with van der Waals surface area (Å²) in [4.78, 5) is 0. The first-order valence-electron chi connectivity index (χ1n) is 3.92. The van der Waals surface area contributed by atoms with Crippen molar-refractivity contribution in [1.82, 2.24) is 0 Å². The van der Waals surface area contributed by atoms with Gasteiger partial charge in [0.05, 0.1) is 0 Å². The van der Waals surface area contributed by atoms with E-state index in [1.807, 2.05) is 0 Å². The lowest BCUT2D eigenvalue weighted by molar-refractivity contribution is 1.50. The molecule has 0 amide bonds. The maximum Gasteiger partial charge on any atom is 0.0181 e. The van der Waals surface area contributed by atoms with Crippen molar-refractivity contribution in [3.63, 3.8) is 0 Å².